The summed E-state index contributed by atoms with van der Waals surface area (Å²) in [7, 11) is 0. The third-order valence-electron chi connectivity index (χ3n) is 2.84. The Labute approximate surface area is 116 Å². The first-order valence-electron chi connectivity index (χ1n) is 6.61. The molecule has 106 valence electrons. The van der Waals surface area contributed by atoms with Crippen LogP contribution in [0.5, 0.6) is 5.75 Å². The van der Waals surface area contributed by atoms with Gasteiger partial charge in [0.25, 0.3) is 0 Å². The summed E-state index contributed by atoms with van der Waals surface area (Å²) < 4.78 is 5.57. The Bertz CT molecular complexity index is 669. The third kappa shape index (κ3) is 3.85. The number of ether oxygens (including phenoxy) is 1. The summed E-state index contributed by atoms with van der Waals surface area (Å²) in [5.41, 5.74) is 0.730. The average molecular weight is 274 g/mol. The zero-order valence-electron chi connectivity index (χ0n) is 11.6. The van der Waals surface area contributed by atoms with E-state index in [1.807, 2.05) is 38.1 Å². The Morgan fingerprint density at radius 2 is 1.75 bits per heavy atom. The summed E-state index contributed by atoms with van der Waals surface area (Å²) >= 11 is 0. The summed E-state index contributed by atoms with van der Waals surface area (Å²) in [4.78, 5) is 22.2. The molecule has 2 N–H and O–H groups in total. The van der Waals surface area contributed by atoms with Crippen molar-refractivity contribution in [2.45, 2.75) is 32.8 Å². The molecule has 0 aliphatic carbocycles. The minimum Gasteiger partial charge on any atom is -0.491 e. The van der Waals surface area contributed by atoms with Crippen LogP contribution in [-0.4, -0.2) is 16.3 Å². The first kappa shape index (κ1) is 14.1. The highest BCUT2D eigenvalue weighted by molar-refractivity contribution is 5.27. The van der Waals surface area contributed by atoms with Crippen LogP contribution in [0.3, 0.4) is 0 Å². The van der Waals surface area contributed by atoms with Crippen LogP contribution in [0.1, 0.15) is 25.1 Å². The first-order valence-corrected chi connectivity index (χ1v) is 6.61. The second kappa shape index (κ2) is 6.23. The van der Waals surface area contributed by atoms with Gasteiger partial charge in [-0.3, -0.25) is 14.7 Å². The van der Waals surface area contributed by atoms with Gasteiger partial charge in [0.1, 0.15) is 5.75 Å². The molecule has 0 radical (unpaired) electrons. The molecular weight excluding hydrogens is 256 g/mol. The van der Waals surface area contributed by atoms with Crippen molar-refractivity contribution in [2.24, 2.45) is 0 Å². The topological polar surface area (TPSA) is 75.0 Å². The summed E-state index contributed by atoms with van der Waals surface area (Å²) in [5.74, 6) is 0.848. The number of benzene rings is 1. The van der Waals surface area contributed by atoms with E-state index in [1.54, 1.807) is 0 Å². The van der Waals surface area contributed by atoms with Gasteiger partial charge in [0, 0.05) is 11.8 Å². The van der Waals surface area contributed by atoms with Gasteiger partial charge in [0.15, 0.2) is 0 Å². The predicted octanol–water partition coefficient (Wildman–Crippen LogP) is 1.64. The van der Waals surface area contributed by atoms with E-state index in [1.165, 1.54) is 6.07 Å². The van der Waals surface area contributed by atoms with E-state index in [0.717, 1.165) is 23.4 Å². The molecule has 5 nitrogen and oxygen atoms in total. The molecule has 0 saturated heterocycles. The van der Waals surface area contributed by atoms with Crippen LogP contribution in [0.15, 0.2) is 39.9 Å². The maximum atomic E-state index is 11.2. The largest absolute Gasteiger partial charge is 0.491 e. The lowest BCUT2D eigenvalue weighted by atomic mass is 10.1. The first-order chi connectivity index (χ1) is 9.54. The number of aromatic amines is 2. The second-order valence-electron chi connectivity index (χ2n) is 4.92. The molecule has 2 rings (SSSR count). The van der Waals surface area contributed by atoms with Crippen LogP contribution < -0.4 is 15.7 Å². The highest BCUT2D eigenvalue weighted by atomic mass is 16.5. The van der Waals surface area contributed by atoms with E-state index in [0.29, 0.717) is 6.42 Å². The highest BCUT2D eigenvalue weighted by Gasteiger charge is 2.01. The van der Waals surface area contributed by atoms with Crippen molar-refractivity contribution >= 4 is 0 Å². The quantitative estimate of drug-likeness (QED) is 0.814. The van der Waals surface area contributed by atoms with Gasteiger partial charge in [0.05, 0.1) is 6.10 Å². The van der Waals surface area contributed by atoms with E-state index in [4.69, 9.17) is 4.74 Å². The fourth-order valence-electron chi connectivity index (χ4n) is 1.88. The van der Waals surface area contributed by atoms with Gasteiger partial charge in [-0.25, -0.2) is 0 Å². The molecule has 1 aromatic heterocycles. The fraction of sp³-hybridized carbons (Fsp3) is 0.333. The molecule has 20 heavy (non-hydrogen) atoms. The molecule has 0 aliphatic heterocycles. The molecule has 2 aromatic rings. The van der Waals surface area contributed by atoms with Crippen LogP contribution in [0.2, 0.25) is 0 Å². The summed E-state index contributed by atoms with van der Waals surface area (Å²) in [5, 5.41) is 5.05. The van der Waals surface area contributed by atoms with E-state index in [2.05, 4.69) is 10.2 Å². The van der Waals surface area contributed by atoms with Crippen LogP contribution in [-0.2, 0) is 12.8 Å². The molecular formula is C15H18N2O3. The van der Waals surface area contributed by atoms with Crippen molar-refractivity contribution in [2.75, 3.05) is 0 Å². The maximum Gasteiger partial charge on any atom is 0.310 e. The molecule has 0 amide bonds. The number of nitrogens with one attached hydrogen (secondary N) is 2. The number of aryl methyl sites for hydroxylation is 2. The molecule has 0 unspecified atom stereocenters. The lowest BCUT2D eigenvalue weighted by Gasteiger charge is -2.10. The smallest absolute Gasteiger partial charge is 0.310 e. The Kier molecular flexibility index (Phi) is 4.40. The normalized spacial score (nSPS) is 10.8. The zero-order chi connectivity index (χ0) is 14.5. The number of rotatable bonds is 5. The van der Waals surface area contributed by atoms with Crippen molar-refractivity contribution in [3.05, 3.63) is 62.2 Å². The summed E-state index contributed by atoms with van der Waals surface area (Å²) in [6.07, 6.45) is 1.60. The van der Waals surface area contributed by atoms with Crippen LogP contribution in [0.25, 0.3) is 0 Å². The van der Waals surface area contributed by atoms with Crippen LogP contribution in [0.4, 0.5) is 0 Å². The van der Waals surface area contributed by atoms with Crippen molar-refractivity contribution in [1.29, 1.82) is 0 Å². The summed E-state index contributed by atoms with van der Waals surface area (Å²) in [6.45, 7) is 3.97. The maximum absolute atomic E-state index is 11.2. The minimum absolute atomic E-state index is 0.159. The van der Waals surface area contributed by atoms with Crippen molar-refractivity contribution in [3.63, 3.8) is 0 Å². The lowest BCUT2D eigenvalue weighted by Crippen LogP contribution is -2.27. The molecule has 0 saturated carbocycles. The standard InChI is InChI=1S/C15H18N2O3/c1-10(2)20-13-7-4-11(5-8-13)3-6-12-9-14(18)15(19)17-16-12/h4-5,7-10H,3,6H2,1-2H3,(H,16,18)(H,17,19). The molecule has 1 heterocycles. The molecule has 0 spiro atoms. The predicted molar refractivity (Wildman–Crippen MR) is 77.3 cm³/mol. The zero-order valence-corrected chi connectivity index (χ0v) is 11.6. The van der Waals surface area contributed by atoms with Gasteiger partial charge in [-0.15, -0.1) is 0 Å². The molecule has 1 aromatic carbocycles. The van der Waals surface area contributed by atoms with E-state index >= 15 is 0 Å². The number of aromatic nitrogens is 2. The number of hydrogen-bond donors (Lipinski definition) is 2. The third-order valence-corrected chi connectivity index (χ3v) is 2.84. The Morgan fingerprint density at radius 1 is 1.05 bits per heavy atom. The van der Waals surface area contributed by atoms with Gasteiger partial charge in [-0.05, 0) is 44.4 Å². The van der Waals surface area contributed by atoms with Crippen LogP contribution in [0, 0.1) is 0 Å². The van der Waals surface area contributed by atoms with Gasteiger partial charge < -0.3 is 9.84 Å². The minimum atomic E-state index is -0.621. The Morgan fingerprint density at radius 3 is 2.35 bits per heavy atom. The summed E-state index contributed by atoms with van der Waals surface area (Å²) in [6, 6.07) is 9.22. The molecule has 0 fully saturated rings. The van der Waals surface area contributed by atoms with E-state index in [-0.39, 0.29) is 6.10 Å². The SMILES string of the molecule is CC(C)Oc1ccc(CCc2cc(=O)c(=O)[nH][nH]2)cc1. The molecule has 0 aliphatic rings. The molecule has 5 heteroatoms. The van der Waals surface area contributed by atoms with E-state index in [9.17, 15) is 9.59 Å². The Hall–Kier alpha value is -2.30. The van der Waals surface area contributed by atoms with Gasteiger partial charge in [-0.1, -0.05) is 12.1 Å². The average Bonchev–Trinajstić information content (AvgIpc) is 2.41. The molecule has 0 atom stereocenters. The van der Waals surface area contributed by atoms with Crippen molar-refractivity contribution in [3.8, 4) is 5.75 Å². The van der Waals surface area contributed by atoms with E-state index < -0.39 is 11.0 Å². The monoisotopic (exact) mass is 274 g/mol. The van der Waals surface area contributed by atoms with Gasteiger partial charge >= 0.3 is 5.56 Å². The fourth-order valence-corrected chi connectivity index (χ4v) is 1.88. The number of hydrogen-bond acceptors (Lipinski definition) is 3. The van der Waals surface area contributed by atoms with Crippen molar-refractivity contribution in [1.82, 2.24) is 10.2 Å². The van der Waals surface area contributed by atoms with Gasteiger partial charge in [0.2, 0.25) is 5.43 Å². The van der Waals surface area contributed by atoms with Gasteiger partial charge in [-0.2, -0.15) is 0 Å². The Balaban J connectivity index is 1.98. The van der Waals surface area contributed by atoms with Crippen molar-refractivity contribution < 1.29 is 4.74 Å². The highest BCUT2D eigenvalue weighted by Crippen LogP contribution is 2.14. The molecule has 0 bridgehead atoms. The number of H-pyrrole nitrogens is 2. The second-order valence-corrected chi connectivity index (χ2v) is 4.92. The lowest BCUT2D eigenvalue weighted by molar-refractivity contribution is 0.242. The van der Waals surface area contributed by atoms with Crippen LogP contribution >= 0.6 is 0 Å².